The Kier molecular flexibility index (Phi) is 4.79. The minimum absolute atomic E-state index is 0.0547. The van der Waals surface area contributed by atoms with Crippen molar-refractivity contribution in [3.05, 3.63) is 59.2 Å². The number of aryl methyl sites for hydroxylation is 1. The maximum Gasteiger partial charge on any atom is 0.254 e. The first kappa shape index (κ1) is 17.9. The van der Waals surface area contributed by atoms with E-state index in [1.54, 1.807) is 31.4 Å². The number of phenols is 1. The molecule has 1 heterocycles. The van der Waals surface area contributed by atoms with E-state index in [0.717, 1.165) is 24.0 Å². The highest BCUT2D eigenvalue weighted by molar-refractivity contribution is 5.97. The zero-order chi connectivity index (χ0) is 19.0. The zero-order valence-electron chi connectivity index (χ0n) is 15.7. The number of carbonyl (C=O) groups is 1. The molecular formula is C22H25NO4. The lowest BCUT2D eigenvalue weighted by atomic mass is 9.97. The predicted molar refractivity (Wildman–Crippen MR) is 102 cm³/mol. The maximum atomic E-state index is 13.3. The van der Waals surface area contributed by atoms with Crippen LogP contribution in [0.4, 0.5) is 0 Å². The number of rotatable bonds is 5. The van der Waals surface area contributed by atoms with Crippen LogP contribution in [0.25, 0.3) is 0 Å². The fraction of sp³-hybridized carbons (Fsp3) is 0.409. The molecule has 4 rings (SSSR count). The SMILES string of the molecule is COC1CN(C(=O)c2c(C)cccc2C2CC2)CC1Oc1cccc(O)c1. The third kappa shape index (κ3) is 3.65. The van der Waals surface area contributed by atoms with Gasteiger partial charge in [-0.25, -0.2) is 0 Å². The lowest BCUT2D eigenvalue weighted by Gasteiger charge is -2.20. The topological polar surface area (TPSA) is 59.0 Å². The van der Waals surface area contributed by atoms with Gasteiger partial charge in [0.15, 0.2) is 0 Å². The van der Waals surface area contributed by atoms with Crippen LogP contribution < -0.4 is 4.74 Å². The van der Waals surface area contributed by atoms with Crippen molar-refractivity contribution in [3.8, 4) is 11.5 Å². The highest BCUT2D eigenvalue weighted by Crippen LogP contribution is 2.42. The molecule has 2 fully saturated rings. The molecule has 2 aromatic carbocycles. The van der Waals surface area contributed by atoms with Gasteiger partial charge in [0.2, 0.25) is 0 Å². The lowest BCUT2D eigenvalue weighted by Crippen LogP contribution is -2.32. The molecule has 2 aliphatic rings. The average molecular weight is 367 g/mol. The molecule has 5 heteroatoms. The molecule has 27 heavy (non-hydrogen) atoms. The van der Waals surface area contributed by atoms with Crippen LogP contribution in [0.15, 0.2) is 42.5 Å². The van der Waals surface area contributed by atoms with E-state index in [4.69, 9.17) is 9.47 Å². The summed E-state index contributed by atoms with van der Waals surface area (Å²) in [5, 5.41) is 9.64. The van der Waals surface area contributed by atoms with Gasteiger partial charge in [-0.05, 0) is 48.9 Å². The molecule has 1 aliphatic carbocycles. The van der Waals surface area contributed by atoms with Crippen molar-refractivity contribution in [1.29, 1.82) is 0 Å². The Balaban J connectivity index is 1.54. The maximum absolute atomic E-state index is 13.3. The second-order valence-electron chi connectivity index (χ2n) is 7.45. The Morgan fingerprint density at radius 1 is 1.11 bits per heavy atom. The van der Waals surface area contributed by atoms with Gasteiger partial charge in [0.05, 0.1) is 13.1 Å². The molecule has 2 aromatic rings. The summed E-state index contributed by atoms with van der Waals surface area (Å²) >= 11 is 0. The van der Waals surface area contributed by atoms with Crippen LogP contribution in [0.1, 0.15) is 40.2 Å². The second kappa shape index (κ2) is 7.24. The van der Waals surface area contributed by atoms with Gasteiger partial charge >= 0.3 is 0 Å². The Bertz CT molecular complexity index is 846. The van der Waals surface area contributed by atoms with E-state index >= 15 is 0 Å². The summed E-state index contributed by atoms with van der Waals surface area (Å²) in [6.45, 7) is 2.96. The standard InChI is InChI=1S/C22H25NO4/c1-14-5-3-8-18(15-9-10-15)21(14)22(25)23-12-19(26-2)20(13-23)27-17-7-4-6-16(24)11-17/h3-8,11,15,19-20,24H,9-10,12-13H2,1-2H3. The summed E-state index contributed by atoms with van der Waals surface area (Å²) < 4.78 is 11.6. The van der Waals surface area contributed by atoms with Crippen LogP contribution in [-0.4, -0.2) is 48.3 Å². The van der Waals surface area contributed by atoms with Gasteiger partial charge in [-0.1, -0.05) is 24.3 Å². The van der Waals surface area contributed by atoms with E-state index in [1.165, 1.54) is 5.56 Å². The molecule has 1 saturated carbocycles. The number of amides is 1. The van der Waals surface area contributed by atoms with E-state index < -0.39 is 0 Å². The normalized spacial score (nSPS) is 22.1. The Morgan fingerprint density at radius 2 is 1.85 bits per heavy atom. The van der Waals surface area contributed by atoms with Crippen molar-refractivity contribution < 1.29 is 19.4 Å². The zero-order valence-corrected chi connectivity index (χ0v) is 15.7. The molecule has 1 saturated heterocycles. The molecule has 5 nitrogen and oxygen atoms in total. The smallest absolute Gasteiger partial charge is 0.254 e. The first-order valence-corrected chi connectivity index (χ1v) is 9.44. The van der Waals surface area contributed by atoms with Crippen LogP contribution in [0.3, 0.4) is 0 Å². The number of aromatic hydroxyl groups is 1. The first-order chi connectivity index (χ1) is 13.1. The van der Waals surface area contributed by atoms with Gasteiger partial charge in [0.1, 0.15) is 23.7 Å². The number of methoxy groups -OCH3 is 1. The quantitative estimate of drug-likeness (QED) is 0.879. The third-order valence-electron chi connectivity index (χ3n) is 5.45. The van der Waals surface area contributed by atoms with Crippen LogP contribution in [0.5, 0.6) is 11.5 Å². The van der Waals surface area contributed by atoms with Crippen molar-refractivity contribution in [3.63, 3.8) is 0 Å². The predicted octanol–water partition coefficient (Wildman–Crippen LogP) is 3.50. The van der Waals surface area contributed by atoms with Gasteiger partial charge < -0.3 is 19.5 Å². The average Bonchev–Trinajstić information content (AvgIpc) is 3.42. The van der Waals surface area contributed by atoms with Crippen molar-refractivity contribution in [2.24, 2.45) is 0 Å². The Hall–Kier alpha value is -2.53. The van der Waals surface area contributed by atoms with E-state index in [2.05, 4.69) is 6.07 Å². The first-order valence-electron chi connectivity index (χ1n) is 9.44. The molecule has 0 aromatic heterocycles. The Labute approximate surface area is 159 Å². The number of likely N-dealkylation sites (tertiary alicyclic amines) is 1. The van der Waals surface area contributed by atoms with E-state index in [9.17, 15) is 9.90 Å². The van der Waals surface area contributed by atoms with Gasteiger partial charge in [-0.15, -0.1) is 0 Å². The summed E-state index contributed by atoms with van der Waals surface area (Å²) in [5.74, 6) is 1.30. The second-order valence-corrected chi connectivity index (χ2v) is 7.45. The molecule has 0 spiro atoms. The molecule has 1 N–H and O–H groups in total. The van der Waals surface area contributed by atoms with Crippen molar-refractivity contribution in [2.45, 2.75) is 37.9 Å². The largest absolute Gasteiger partial charge is 0.508 e. The molecule has 0 radical (unpaired) electrons. The van der Waals surface area contributed by atoms with Gasteiger partial charge in [-0.2, -0.15) is 0 Å². The summed E-state index contributed by atoms with van der Waals surface area (Å²) in [6, 6.07) is 12.8. The molecule has 142 valence electrons. The van der Waals surface area contributed by atoms with Crippen molar-refractivity contribution in [2.75, 3.05) is 20.2 Å². The summed E-state index contributed by atoms with van der Waals surface area (Å²) in [5.41, 5.74) is 3.04. The minimum Gasteiger partial charge on any atom is -0.508 e. The lowest BCUT2D eigenvalue weighted by molar-refractivity contribution is 0.0339. The number of hydrogen-bond donors (Lipinski definition) is 1. The number of ether oxygens (including phenoxy) is 2. The molecule has 2 atom stereocenters. The van der Waals surface area contributed by atoms with Gasteiger partial charge in [-0.3, -0.25) is 4.79 Å². The monoisotopic (exact) mass is 367 g/mol. The summed E-state index contributed by atoms with van der Waals surface area (Å²) in [4.78, 5) is 15.1. The molecule has 1 amide bonds. The Morgan fingerprint density at radius 3 is 2.56 bits per heavy atom. The molecule has 1 aliphatic heterocycles. The fourth-order valence-electron chi connectivity index (χ4n) is 3.86. The molecule has 2 unspecified atom stereocenters. The minimum atomic E-state index is -0.269. The van der Waals surface area contributed by atoms with Gasteiger partial charge in [0, 0.05) is 18.7 Å². The van der Waals surface area contributed by atoms with Gasteiger partial charge in [0.25, 0.3) is 5.91 Å². The summed E-state index contributed by atoms with van der Waals surface area (Å²) in [7, 11) is 1.64. The fourth-order valence-corrected chi connectivity index (χ4v) is 3.86. The highest BCUT2D eigenvalue weighted by Gasteiger charge is 2.39. The number of nitrogens with zero attached hydrogens (tertiary/aromatic N) is 1. The van der Waals surface area contributed by atoms with Crippen LogP contribution in [0, 0.1) is 6.92 Å². The number of benzene rings is 2. The third-order valence-corrected chi connectivity index (χ3v) is 5.45. The van der Waals surface area contributed by atoms with Crippen LogP contribution in [0.2, 0.25) is 0 Å². The summed E-state index contributed by atoms with van der Waals surface area (Å²) in [6.07, 6.45) is 1.85. The van der Waals surface area contributed by atoms with Crippen molar-refractivity contribution >= 4 is 5.91 Å². The van der Waals surface area contributed by atoms with Crippen LogP contribution >= 0.6 is 0 Å². The number of phenolic OH excluding ortho intramolecular Hbond substituents is 1. The molecular weight excluding hydrogens is 342 g/mol. The van der Waals surface area contributed by atoms with E-state index in [-0.39, 0.29) is 23.9 Å². The number of carbonyl (C=O) groups excluding carboxylic acids is 1. The van der Waals surface area contributed by atoms with E-state index in [1.807, 2.05) is 24.0 Å². The molecule has 0 bridgehead atoms. The van der Waals surface area contributed by atoms with Crippen LogP contribution in [-0.2, 0) is 4.74 Å². The van der Waals surface area contributed by atoms with E-state index in [0.29, 0.717) is 24.8 Å². The number of hydrogen-bond acceptors (Lipinski definition) is 4. The highest BCUT2D eigenvalue weighted by atomic mass is 16.5. The van der Waals surface area contributed by atoms with Crippen molar-refractivity contribution in [1.82, 2.24) is 4.90 Å².